The van der Waals surface area contributed by atoms with Gasteiger partial charge in [-0.15, -0.1) is 49.6 Å². The Kier molecular flexibility index (Phi) is 53.8. The van der Waals surface area contributed by atoms with Crippen LogP contribution < -0.4 is 33.2 Å². The fraction of sp³-hybridized carbons (Fsp3) is 0.424. The second kappa shape index (κ2) is 65.2. The van der Waals surface area contributed by atoms with Crippen LogP contribution in [0, 0.1) is 0 Å². The summed E-state index contributed by atoms with van der Waals surface area (Å²) < 4.78 is 84.5. The van der Waals surface area contributed by atoms with Crippen LogP contribution in [-0.2, 0) is 72.4 Å². The van der Waals surface area contributed by atoms with E-state index >= 15 is 0 Å². The number of halogens is 7. The van der Waals surface area contributed by atoms with Crippen molar-refractivity contribution in [1.29, 1.82) is 0 Å². The minimum Gasteiger partial charge on any atom is -0.497 e. The molecule has 0 bridgehead atoms. The van der Waals surface area contributed by atoms with E-state index in [0.29, 0.717) is 54.6 Å². The molecule has 21 heteroatoms. The second-order valence-corrected chi connectivity index (χ2v) is 39.2. The van der Waals surface area contributed by atoms with Gasteiger partial charge in [-0.1, -0.05) is 387 Å². The first-order valence-corrected chi connectivity index (χ1v) is 53.5. The lowest BCUT2D eigenvalue weighted by Crippen LogP contribution is -2.36. The fourth-order valence-corrected chi connectivity index (χ4v) is 20.5. The monoisotopic (exact) mass is 2120 g/mol. The summed E-state index contributed by atoms with van der Waals surface area (Å²) in [5.41, 5.74) is 6.84. The number of hydrogen-bond donors (Lipinski definition) is 0. The first kappa shape index (κ1) is 121. The Labute approximate surface area is 911 Å². The molecule has 14 nitrogen and oxygen atoms in total. The standard InChI is InChI=1S/2C20H24O3.3C19H21ClO2.2C14H20O.4ClH/c1-21-18-12-6-7-13-19(18)22-16-20(14-8-3-9-15-23-20)17-10-4-2-5-11-17;1-21-18-10-12-19(13-11-18)22-16-20(14-6-3-7-15-23-20)17-8-4-2-5-9-17;2*20-17-11-5-6-12-18(17)21-15-19(13-7-2-8-14-22-19)16-9-3-1-4-10-16;20-17-9-11-18(12-10-17)21-15-19(13-5-2-6-14-22-19)16-7-3-1-4-8-16;2*1-2-14(11-7-4-8-12-15-14)13-9-5-3-6-10-13;;;;/h2,4-7,10-13H,3,8-9,14-16H2,1H3;2,4-5,8-13H,3,6-7,14-16H2,1H3;2*1,3-6,9-12H,2,7-8,13-15H2;1,3-4,7-12H,2,5-6,13-15H2;2*3,5-6,9-10H,2,4,7-8,11-12H2,1H3;4*1H. The topological polar surface area (TPSA) is 129 Å². The Morgan fingerprint density at radius 1 is 0.199 bits per heavy atom. The van der Waals surface area contributed by atoms with Gasteiger partial charge in [-0.3, -0.25) is 0 Å². The number of methoxy groups -OCH3 is 2. The minimum absolute atomic E-state index is 0. The van der Waals surface area contributed by atoms with Gasteiger partial charge in [0.05, 0.1) is 35.5 Å². The van der Waals surface area contributed by atoms with Gasteiger partial charge >= 0.3 is 0 Å². The summed E-state index contributed by atoms with van der Waals surface area (Å²) in [5.74, 6) is 5.45. The zero-order valence-electron chi connectivity index (χ0n) is 85.9. The smallest absolute Gasteiger partial charge is 0.161 e. The molecule has 7 fully saturated rings. The Hall–Kier alpha value is -9.01. The molecule has 0 aliphatic carbocycles. The highest BCUT2D eigenvalue weighted by Gasteiger charge is 2.42. The third-order valence-electron chi connectivity index (χ3n) is 28.4. The lowest BCUT2D eigenvalue weighted by atomic mass is 9.86. The van der Waals surface area contributed by atoms with E-state index in [2.05, 4.69) is 196 Å². The Bertz CT molecular complexity index is 5230. The van der Waals surface area contributed by atoms with Gasteiger partial charge < -0.3 is 66.3 Å². The molecule has 7 heterocycles. The highest BCUT2D eigenvalue weighted by atomic mass is 35.5. The zero-order chi connectivity index (χ0) is 98.8. The van der Waals surface area contributed by atoms with Crippen LogP contribution in [0.15, 0.2) is 334 Å². The minimum atomic E-state index is -0.378. The number of para-hydroxylation sites is 4. The molecule has 0 saturated carbocycles. The van der Waals surface area contributed by atoms with E-state index in [9.17, 15) is 0 Å². The molecule has 7 unspecified atom stereocenters. The maximum absolute atomic E-state index is 6.31. The predicted octanol–water partition coefficient (Wildman–Crippen LogP) is 34.2. The Balaban J connectivity index is 0.000000190. The van der Waals surface area contributed by atoms with E-state index in [-0.39, 0.29) is 88.8 Å². The molecular formula is C125H155Cl7O14. The van der Waals surface area contributed by atoms with Gasteiger partial charge in [-0.05, 0) is 227 Å². The molecule has 0 spiro atoms. The summed E-state index contributed by atoms with van der Waals surface area (Å²) >= 11 is 18.3. The van der Waals surface area contributed by atoms with Gasteiger partial charge in [-0.2, -0.15) is 0 Å². The summed E-state index contributed by atoms with van der Waals surface area (Å²) in [5, 5.41) is 1.99. The van der Waals surface area contributed by atoms with Gasteiger partial charge in [0.2, 0.25) is 0 Å². The largest absolute Gasteiger partial charge is 0.497 e. The molecular weight excluding hydrogens is 1970 g/mol. The van der Waals surface area contributed by atoms with Crippen molar-refractivity contribution in [2.75, 3.05) is 93.5 Å². The molecule has 788 valence electrons. The van der Waals surface area contributed by atoms with E-state index < -0.39 is 0 Å². The summed E-state index contributed by atoms with van der Waals surface area (Å²) in [6, 6.07) is 112. The van der Waals surface area contributed by atoms with E-state index in [4.69, 9.17) is 101 Å². The first-order valence-electron chi connectivity index (χ1n) is 52.3. The molecule has 0 amide bonds. The van der Waals surface area contributed by atoms with E-state index in [1.54, 1.807) is 14.2 Å². The average molecular weight is 2130 g/mol. The van der Waals surface area contributed by atoms with E-state index in [1.165, 1.54) is 135 Å². The third-order valence-corrected chi connectivity index (χ3v) is 29.3. The zero-order valence-corrected chi connectivity index (χ0v) is 91.5. The first-order chi connectivity index (χ1) is 69.8. The Morgan fingerprint density at radius 3 is 0.644 bits per heavy atom. The van der Waals surface area contributed by atoms with Gasteiger partial charge in [0, 0.05) is 51.3 Å². The Morgan fingerprint density at radius 2 is 0.397 bits per heavy atom. The molecule has 0 N–H and O–H groups in total. The highest BCUT2D eigenvalue weighted by molar-refractivity contribution is 6.32. The van der Waals surface area contributed by atoms with Crippen LogP contribution in [0.25, 0.3) is 0 Å². The quantitative estimate of drug-likeness (QED) is 0.0510. The van der Waals surface area contributed by atoms with Crippen LogP contribution in [-0.4, -0.2) is 93.5 Å². The van der Waals surface area contributed by atoms with Crippen molar-refractivity contribution in [3.8, 4) is 40.2 Å². The van der Waals surface area contributed by atoms with Crippen LogP contribution in [0.3, 0.4) is 0 Å². The molecule has 19 rings (SSSR count). The van der Waals surface area contributed by atoms with Crippen LogP contribution in [0.1, 0.15) is 245 Å². The number of benzene rings is 12. The molecule has 12 aromatic carbocycles. The fourth-order valence-electron chi connectivity index (χ4n) is 20.0. The van der Waals surface area contributed by atoms with E-state index in [0.717, 1.165) is 176 Å². The molecule has 7 saturated heterocycles. The number of ether oxygens (including phenoxy) is 14. The number of rotatable bonds is 26. The van der Waals surface area contributed by atoms with Crippen molar-refractivity contribution in [3.05, 3.63) is 388 Å². The maximum Gasteiger partial charge on any atom is 0.161 e. The lowest BCUT2D eigenvalue weighted by Gasteiger charge is -2.33. The van der Waals surface area contributed by atoms with Crippen molar-refractivity contribution >= 4 is 84.4 Å². The van der Waals surface area contributed by atoms with Gasteiger partial charge in [-0.25, -0.2) is 0 Å². The maximum atomic E-state index is 6.31. The average Bonchev–Trinajstić information content (AvgIpc) is 1.40. The molecule has 146 heavy (non-hydrogen) atoms. The van der Waals surface area contributed by atoms with Crippen molar-refractivity contribution < 1.29 is 66.3 Å². The van der Waals surface area contributed by atoms with Crippen molar-refractivity contribution in [3.63, 3.8) is 0 Å². The van der Waals surface area contributed by atoms with Crippen molar-refractivity contribution in [2.45, 2.75) is 246 Å². The van der Waals surface area contributed by atoms with Crippen molar-refractivity contribution in [2.24, 2.45) is 0 Å². The van der Waals surface area contributed by atoms with Crippen LogP contribution in [0.2, 0.25) is 15.1 Å². The summed E-state index contributed by atoms with van der Waals surface area (Å²) in [4.78, 5) is 0. The van der Waals surface area contributed by atoms with E-state index in [1.807, 2.05) is 152 Å². The SMILES string of the molecule is CCC1(c2ccccc2)CCCCCO1.CCC1(c2ccccc2)CCCCCO1.COc1ccc(OCC2(c3ccccc3)CCCCCO2)cc1.COc1ccccc1OCC1(c2ccccc2)CCCCCO1.Cl.Cl.Cl.Cl.Clc1ccc(OCC2(c3ccccc3)CCCCCO2)cc1.Clc1ccccc1OCC1(c2ccccc2)CCCCCO1.Clc1ccccc1OCC1(c2ccccc2)CCCCCO1. The van der Waals surface area contributed by atoms with Gasteiger partial charge in [0.15, 0.2) is 11.5 Å². The second-order valence-electron chi connectivity index (χ2n) is 37.9. The normalized spacial score (nSPS) is 22.3. The van der Waals surface area contributed by atoms with Crippen LogP contribution in [0.4, 0.5) is 0 Å². The summed E-state index contributed by atoms with van der Waals surface area (Å²) in [6.07, 6.45) is 34.5. The van der Waals surface area contributed by atoms with Gasteiger partial charge in [0.1, 0.15) is 89.8 Å². The van der Waals surface area contributed by atoms with Crippen LogP contribution in [0.5, 0.6) is 40.2 Å². The molecule has 0 radical (unpaired) electrons. The summed E-state index contributed by atoms with van der Waals surface area (Å²) in [7, 11) is 3.33. The predicted molar refractivity (Wildman–Crippen MR) is 605 cm³/mol. The third kappa shape index (κ3) is 36.1. The molecule has 12 aromatic rings. The molecule has 7 aliphatic rings. The molecule has 7 aliphatic heterocycles. The van der Waals surface area contributed by atoms with Gasteiger partial charge in [0.25, 0.3) is 0 Å². The number of hydrogen-bond acceptors (Lipinski definition) is 14. The lowest BCUT2D eigenvalue weighted by molar-refractivity contribution is -0.0769. The highest BCUT2D eigenvalue weighted by Crippen LogP contribution is 2.45. The molecule has 0 aromatic heterocycles. The van der Waals surface area contributed by atoms with Crippen LogP contribution >= 0.6 is 84.4 Å². The van der Waals surface area contributed by atoms with Crippen molar-refractivity contribution in [1.82, 2.24) is 0 Å². The summed E-state index contributed by atoms with van der Waals surface area (Å²) in [6.45, 7) is 12.8. The molecule has 7 atom stereocenters.